The van der Waals surface area contributed by atoms with Gasteiger partial charge in [0.25, 0.3) is 5.56 Å². The lowest BCUT2D eigenvalue weighted by Crippen LogP contribution is -2.18. The first-order chi connectivity index (χ1) is 7.54. The molecule has 0 unspecified atom stereocenters. The lowest BCUT2D eigenvalue weighted by Gasteiger charge is -2.05. The molecule has 0 aliphatic carbocycles. The number of rotatable bonds is 1. The summed E-state index contributed by atoms with van der Waals surface area (Å²) in [5, 5.41) is 0.342. The van der Waals surface area contributed by atoms with Crippen molar-refractivity contribution in [3.05, 3.63) is 33.1 Å². The summed E-state index contributed by atoms with van der Waals surface area (Å²) in [6, 6.07) is 2.56. The number of nitrogens with zero attached hydrogens (tertiary/aromatic N) is 1. The molecule has 0 amide bonds. The zero-order valence-corrected chi connectivity index (χ0v) is 9.52. The van der Waals surface area contributed by atoms with Gasteiger partial charge in [-0.15, -0.1) is 0 Å². The lowest BCUT2D eigenvalue weighted by atomic mass is 10.2. The van der Waals surface area contributed by atoms with Crippen LogP contribution in [-0.2, 0) is 7.05 Å². The Labute approximate surface area is 95.3 Å². The van der Waals surface area contributed by atoms with Gasteiger partial charge in [-0.1, -0.05) is 0 Å². The average Bonchev–Trinajstić information content (AvgIpc) is 2.26. The number of ether oxygens (including phenoxy) is 1. The highest BCUT2D eigenvalue weighted by Gasteiger charge is 2.09. The highest BCUT2D eigenvalue weighted by molar-refractivity contribution is 7.71. The van der Waals surface area contributed by atoms with Gasteiger partial charge < -0.3 is 9.72 Å². The van der Waals surface area contributed by atoms with Crippen molar-refractivity contribution in [3.8, 4) is 5.75 Å². The predicted molar refractivity (Wildman–Crippen MR) is 60.9 cm³/mol. The smallest absolute Gasteiger partial charge is 0.262 e. The summed E-state index contributed by atoms with van der Waals surface area (Å²) in [6.45, 7) is 0. The number of aromatic nitrogens is 2. The van der Waals surface area contributed by atoms with E-state index in [4.69, 9.17) is 17.0 Å². The Kier molecular flexibility index (Phi) is 2.51. The maximum absolute atomic E-state index is 13.4. The number of methoxy groups -OCH3 is 1. The first-order valence-electron chi connectivity index (χ1n) is 4.51. The van der Waals surface area contributed by atoms with Gasteiger partial charge in [-0.25, -0.2) is 4.39 Å². The number of hydrogen-bond acceptors (Lipinski definition) is 3. The molecule has 1 aromatic heterocycles. The number of aromatic amines is 1. The van der Waals surface area contributed by atoms with Crippen LogP contribution in [0.25, 0.3) is 10.9 Å². The summed E-state index contributed by atoms with van der Waals surface area (Å²) in [4.78, 5) is 14.6. The minimum atomic E-state index is -0.533. The molecule has 1 N–H and O–H groups in total. The summed E-state index contributed by atoms with van der Waals surface area (Å²) >= 11 is 4.93. The van der Waals surface area contributed by atoms with Gasteiger partial charge in [0.1, 0.15) is 0 Å². The third-order valence-electron chi connectivity index (χ3n) is 2.37. The first kappa shape index (κ1) is 10.8. The van der Waals surface area contributed by atoms with E-state index in [-0.39, 0.29) is 16.1 Å². The Morgan fingerprint density at radius 3 is 2.81 bits per heavy atom. The normalized spacial score (nSPS) is 10.7. The number of nitrogens with one attached hydrogen (secondary N) is 1. The maximum atomic E-state index is 13.4. The van der Waals surface area contributed by atoms with E-state index in [9.17, 15) is 9.18 Å². The second-order valence-corrected chi connectivity index (χ2v) is 3.71. The van der Waals surface area contributed by atoms with Crippen LogP contribution >= 0.6 is 12.2 Å². The molecular weight excluding hydrogens is 231 g/mol. The Morgan fingerprint density at radius 1 is 1.50 bits per heavy atom. The van der Waals surface area contributed by atoms with Crippen LogP contribution in [0.3, 0.4) is 0 Å². The monoisotopic (exact) mass is 240 g/mol. The van der Waals surface area contributed by atoms with Crippen LogP contribution in [0.2, 0.25) is 0 Å². The van der Waals surface area contributed by atoms with E-state index in [0.29, 0.717) is 10.9 Å². The van der Waals surface area contributed by atoms with Crippen LogP contribution < -0.4 is 10.3 Å². The van der Waals surface area contributed by atoms with E-state index < -0.39 is 5.82 Å². The number of benzene rings is 1. The van der Waals surface area contributed by atoms with Crippen molar-refractivity contribution in [3.63, 3.8) is 0 Å². The second kappa shape index (κ2) is 3.71. The van der Waals surface area contributed by atoms with Gasteiger partial charge >= 0.3 is 0 Å². The molecule has 2 rings (SSSR count). The van der Waals surface area contributed by atoms with E-state index in [1.54, 1.807) is 7.05 Å². The molecule has 0 spiro atoms. The predicted octanol–water partition coefficient (Wildman–Crippen LogP) is 1.74. The molecule has 0 atom stereocenters. The molecule has 0 fully saturated rings. The highest BCUT2D eigenvalue weighted by atomic mass is 32.1. The molecule has 1 aromatic carbocycles. The summed E-state index contributed by atoms with van der Waals surface area (Å²) in [6.07, 6.45) is 0. The molecule has 0 saturated carbocycles. The third-order valence-corrected chi connectivity index (χ3v) is 2.75. The fourth-order valence-electron chi connectivity index (χ4n) is 1.46. The molecule has 0 bridgehead atoms. The molecule has 0 aliphatic heterocycles. The molecule has 6 heteroatoms. The summed E-state index contributed by atoms with van der Waals surface area (Å²) < 4.78 is 19.7. The number of fused-ring (bicyclic) bond motifs is 1. The van der Waals surface area contributed by atoms with Gasteiger partial charge in [0, 0.05) is 13.1 Å². The van der Waals surface area contributed by atoms with E-state index in [0.717, 1.165) is 0 Å². The standard InChI is InChI=1S/C10H9FN2O2S/c1-13-9(14)5-3-8(15-2)6(11)4-7(5)12-10(13)16/h3-4H,1-2H3,(H,12,16). The molecule has 0 radical (unpaired) electrons. The SMILES string of the molecule is COc1cc2c(=O)n(C)c(=S)[nH]c2cc1F. The van der Waals surface area contributed by atoms with Crippen LogP contribution in [0.5, 0.6) is 5.75 Å². The molecule has 16 heavy (non-hydrogen) atoms. The molecule has 84 valence electrons. The van der Waals surface area contributed by atoms with Crippen molar-refractivity contribution in [1.29, 1.82) is 0 Å². The molecule has 0 saturated heterocycles. The molecule has 4 nitrogen and oxygen atoms in total. The van der Waals surface area contributed by atoms with Crippen molar-refractivity contribution < 1.29 is 9.13 Å². The summed E-state index contributed by atoms with van der Waals surface area (Å²) in [5.74, 6) is -0.496. The Balaban J connectivity index is 2.98. The first-order valence-corrected chi connectivity index (χ1v) is 4.92. The van der Waals surface area contributed by atoms with Crippen LogP contribution in [-0.4, -0.2) is 16.7 Å². The Bertz CT molecular complexity index is 675. The fraction of sp³-hybridized carbons (Fsp3) is 0.200. The highest BCUT2D eigenvalue weighted by Crippen LogP contribution is 2.20. The quantitative estimate of drug-likeness (QED) is 0.772. The summed E-state index contributed by atoms with van der Waals surface area (Å²) in [7, 11) is 2.90. The van der Waals surface area contributed by atoms with Gasteiger partial charge in [-0.2, -0.15) is 0 Å². The third kappa shape index (κ3) is 1.51. The van der Waals surface area contributed by atoms with Crippen LogP contribution in [0.15, 0.2) is 16.9 Å². The van der Waals surface area contributed by atoms with Crippen molar-refractivity contribution in [1.82, 2.24) is 9.55 Å². The maximum Gasteiger partial charge on any atom is 0.262 e. The Morgan fingerprint density at radius 2 is 2.19 bits per heavy atom. The minimum Gasteiger partial charge on any atom is -0.494 e. The second-order valence-electron chi connectivity index (χ2n) is 3.33. The average molecular weight is 240 g/mol. The summed E-state index contributed by atoms with van der Waals surface area (Å²) in [5.41, 5.74) is 0.0865. The van der Waals surface area contributed by atoms with Crippen molar-refractivity contribution >= 4 is 23.1 Å². The van der Waals surface area contributed by atoms with Crippen LogP contribution in [0.4, 0.5) is 4.39 Å². The topological polar surface area (TPSA) is 47.0 Å². The van der Waals surface area contributed by atoms with Gasteiger partial charge in [-0.3, -0.25) is 9.36 Å². The van der Waals surface area contributed by atoms with Gasteiger partial charge in [-0.05, 0) is 18.3 Å². The fourth-order valence-corrected chi connectivity index (χ4v) is 1.66. The lowest BCUT2D eigenvalue weighted by molar-refractivity contribution is 0.387. The zero-order valence-electron chi connectivity index (χ0n) is 8.70. The van der Waals surface area contributed by atoms with E-state index >= 15 is 0 Å². The molecule has 1 heterocycles. The van der Waals surface area contributed by atoms with Crippen molar-refractivity contribution in [2.75, 3.05) is 7.11 Å². The number of H-pyrrole nitrogens is 1. The number of hydrogen-bond donors (Lipinski definition) is 1. The van der Waals surface area contributed by atoms with Gasteiger partial charge in [0.15, 0.2) is 16.3 Å². The van der Waals surface area contributed by atoms with Crippen LogP contribution in [0.1, 0.15) is 0 Å². The van der Waals surface area contributed by atoms with Gasteiger partial charge in [0.2, 0.25) is 0 Å². The Hall–Kier alpha value is -1.69. The van der Waals surface area contributed by atoms with E-state index in [2.05, 4.69) is 4.98 Å². The number of halogens is 1. The molecular formula is C10H9FN2O2S. The van der Waals surface area contributed by atoms with Crippen molar-refractivity contribution in [2.24, 2.45) is 7.05 Å². The van der Waals surface area contributed by atoms with E-state index in [1.165, 1.54) is 23.8 Å². The van der Waals surface area contributed by atoms with Crippen molar-refractivity contribution in [2.45, 2.75) is 0 Å². The zero-order chi connectivity index (χ0) is 11.9. The molecule has 2 aromatic rings. The van der Waals surface area contributed by atoms with Crippen LogP contribution in [0, 0.1) is 10.6 Å². The largest absolute Gasteiger partial charge is 0.494 e. The minimum absolute atomic E-state index is 0.0371. The van der Waals surface area contributed by atoms with Gasteiger partial charge in [0.05, 0.1) is 18.0 Å². The molecule has 0 aliphatic rings. The van der Waals surface area contributed by atoms with E-state index in [1.807, 2.05) is 0 Å².